The fourth-order valence-corrected chi connectivity index (χ4v) is 1.95. The summed E-state index contributed by atoms with van der Waals surface area (Å²) in [6.07, 6.45) is 0. The molecule has 0 aliphatic carbocycles. The first-order valence-electron chi connectivity index (χ1n) is 3.79. The third kappa shape index (κ3) is 1.12. The Kier molecular flexibility index (Phi) is 2.04. The van der Waals surface area contributed by atoms with Crippen molar-refractivity contribution in [2.45, 2.75) is 4.43 Å². The molecule has 0 saturated heterocycles. The number of benzene rings is 1. The van der Waals surface area contributed by atoms with Gasteiger partial charge < -0.3 is 0 Å². The molecule has 2 nitrogen and oxygen atoms in total. The summed E-state index contributed by atoms with van der Waals surface area (Å²) in [5.41, 5.74) is 2.39. The van der Waals surface area contributed by atoms with E-state index in [1.54, 1.807) is 0 Å². The Morgan fingerprint density at radius 2 is 2.17 bits per heavy atom. The number of aryl methyl sites for hydroxylation is 1. The van der Waals surface area contributed by atoms with Crippen molar-refractivity contribution in [3.05, 3.63) is 30.0 Å². The Morgan fingerprint density at radius 3 is 2.92 bits per heavy atom. The minimum absolute atomic E-state index is 0.971. The SMILES string of the molecule is Cn1nc(CI)c2ccccc21. The Hall–Kier alpha value is -0.580. The van der Waals surface area contributed by atoms with Crippen LogP contribution in [0.15, 0.2) is 24.3 Å². The maximum absolute atomic E-state index is 4.42. The monoisotopic (exact) mass is 272 g/mol. The van der Waals surface area contributed by atoms with Gasteiger partial charge in [0, 0.05) is 16.9 Å². The van der Waals surface area contributed by atoms with Gasteiger partial charge >= 0.3 is 0 Å². The third-order valence-corrected chi connectivity index (χ3v) is 2.68. The lowest BCUT2D eigenvalue weighted by Gasteiger charge is -1.90. The van der Waals surface area contributed by atoms with Crippen LogP contribution in [0.1, 0.15) is 5.69 Å². The maximum atomic E-state index is 4.42. The molecule has 0 aliphatic rings. The first-order chi connectivity index (χ1) is 5.83. The van der Waals surface area contributed by atoms with Gasteiger partial charge in [-0.3, -0.25) is 4.68 Å². The van der Waals surface area contributed by atoms with Crippen LogP contribution in [0.3, 0.4) is 0 Å². The van der Waals surface area contributed by atoms with Crippen LogP contribution in [0.25, 0.3) is 10.9 Å². The molecule has 0 atom stereocenters. The van der Waals surface area contributed by atoms with Crippen LogP contribution < -0.4 is 0 Å². The number of para-hydroxylation sites is 1. The number of halogens is 1. The lowest BCUT2D eigenvalue weighted by Crippen LogP contribution is -1.89. The quantitative estimate of drug-likeness (QED) is 0.576. The van der Waals surface area contributed by atoms with E-state index >= 15 is 0 Å². The van der Waals surface area contributed by atoms with Gasteiger partial charge in [0.25, 0.3) is 0 Å². The summed E-state index contributed by atoms with van der Waals surface area (Å²) in [6, 6.07) is 8.31. The molecule has 12 heavy (non-hydrogen) atoms. The number of nitrogens with zero attached hydrogens (tertiary/aromatic N) is 2. The van der Waals surface area contributed by atoms with Crippen molar-refractivity contribution in [2.24, 2.45) is 7.05 Å². The predicted molar refractivity (Wildman–Crippen MR) is 58.4 cm³/mol. The van der Waals surface area contributed by atoms with Gasteiger partial charge in [-0.2, -0.15) is 5.10 Å². The van der Waals surface area contributed by atoms with Crippen molar-refractivity contribution < 1.29 is 0 Å². The lowest BCUT2D eigenvalue weighted by molar-refractivity contribution is 0.782. The molecule has 0 saturated carbocycles. The first-order valence-corrected chi connectivity index (χ1v) is 5.32. The van der Waals surface area contributed by atoms with Crippen LogP contribution in [0, 0.1) is 0 Å². The van der Waals surface area contributed by atoms with E-state index in [0.29, 0.717) is 0 Å². The Labute approximate surface area is 84.7 Å². The van der Waals surface area contributed by atoms with Gasteiger partial charge in [0.1, 0.15) is 0 Å². The van der Waals surface area contributed by atoms with E-state index in [1.165, 1.54) is 16.6 Å². The molecule has 2 rings (SSSR count). The molecule has 1 heterocycles. The van der Waals surface area contributed by atoms with Gasteiger partial charge in [-0.1, -0.05) is 40.8 Å². The minimum Gasteiger partial charge on any atom is -0.268 e. The van der Waals surface area contributed by atoms with Crippen LogP contribution in [-0.2, 0) is 11.5 Å². The van der Waals surface area contributed by atoms with Gasteiger partial charge in [0.15, 0.2) is 0 Å². The molecule has 0 amide bonds. The van der Waals surface area contributed by atoms with Gasteiger partial charge in [0.2, 0.25) is 0 Å². The number of aromatic nitrogens is 2. The summed E-state index contributed by atoms with van der Waals surface area (Å²) in [5.74, 6) is 0. The summed E-state index contributed by atoms with van der Waals surface area (Å²) >= 11 is 2.34. The van der Waals surface area contributed by atoms with Crippen molar-refractivity contribution in [3.8, 4) is 0 Å². The molecule has 1 aromatic carbocycles. The fourth-order valence-electron chi connectivity index (χ4n) is 1.39. The maximum Gasteiger partial charge on any atom is 0.0800 e. The summed E-state index contributed by atoms with van der Waals surface area (Å²) in [5, 5.41) is 5.69. The van der Waals surface area contributed by atoms with E-state index in [1.807, 2.05) is 17.8 Å². The summed E-state index contributed by atoms with van der Waals surface area (Å²) in [7, 11) is 1.98. The molecule has 0 fully saturated rings. The standard InChI is InChI=1S/C9H9IN2/c1-12-9-5-3-2-4-7(9)8(6-10)11-12/h2-5H,6H2,1H3. The van der Waals surface area contributed by atoms with Crippen molar-refractivity contribution in [3.63, 3.8) is 0 Å². The number of hydrogen-bond donors (Lipinski definition) is 0. The van der Waals surface area contributed by atoms with Crippen molar-refractivity contribution in [1.82, 2.24) is 9.78 Å². The van der Waals surface area contributed by atoms with Crippen LogP contribution in [0.2, 0.25) is 0 Å². The van der Waals surface area contributed by atoms with E-state index in [9.17, 15) is 0 Å². The highest BCUT2D eigenvalue weighted by atomic mass is 127. The zero-order valence-corrected chi connectivity index (χ0v) is 8.95. The first kappa shape index (κ1) is 8.04. The highest BCUT2D eigenvalue weighted by Crippen LogP contribution is 2.19. The number of fused-ring (bicyclic) bond motifs is 1. The third-order valence-electron chi connectivity index (χ3n) is 1.96. The average molecular weight is 272 g/mol. The average Bonchev–Trinajstić information content (AvgIpc) is 2.44. The molecule has 3 heteroatoms. The van der Waals surface area contributed by atoms with Gasteiger partial charge in [-0.15, -0.1) is 0 Å². The molecule has 0 spiro atoms. The molecular formula is C9H9IN2. The Morgan fingerprint density at radius 1 is 1.42 bits per heavy atom. The van der Waals surface area contributed by atoms with Crippen LogP contribution in [0.5, 0.6) is 0 Å². The minimum atomic E-state index is 0.971. The number of hydrogen-bond acceptors (Lipinski definition) is 1. The van der Waals surface area contributed by atoms with Crippen molar-refractivity contribution >= 4 is 33.5 Å². The molecule has 0 unspecified atom stereocenters. The summed E-state index contributed by atoms with van der Waals surface area (Å²) in [4.78, 5) is 0. The molecule has 2 aromatic rings. The van der Waals surface area contributed by atoms with Gasteiger partial charge in [-0.25, -0.2) is 0 Å². The molecule has 62 valence electrons. The highest BCUT2D eigenvalue weighted by molar-refractivity contribution is 14.1. The molecule has 0 bridgehead atoms. The molecule has 0 aliphatic heterocycles. The van der Waals surface area contributed by atoms with E-state index in [4.69, 9.17) is 0 Å². The molecule has 0 radical (unpaired) electrons. The Balaban J connectivity index is 2.82. The second-order valence-corrected chi connectivity index (χ2v) is 3.48. The topological polar surface area (TPSA) is 17.8 Å². The van der Waals surface area contributed by atoms with Crippen molar-refractivity contribution in [2.75, 3.05) is 0 Å². The number of alkyl halides is 1. The summed E-state index contributed by atoms with van der Waals surface area (Å²) in [6.45, 7) is 0. The van der Waals surface area contributed by atoms with E-state index < -0.39 is 0 Å². The lowest BCUT2D eigenvalue weighted by atomic mass is 10.2. The fraction of sp³-hybridized carbons (Fsp3) is 0.222. The van der Waals surface area contributed by atoms with E-state index in [2.05, 4.69) is 45.9 Å². The second-order valence-electron chi connectivity index (χ2n) is 2.72. The van der Waals surface area contributed by atoms with E-state index in [-0.39, 0.29) is 0 Å². The van der Waals surface area contributed by atoms with E-state index in [0.717, 1.165) is 4.43 Å². The largest absolute Gasteiger partial charge is 0.268 e. The smallest absolute Gasteiger partial charge is 0.0800 e. The van der Waals surface area contributed by atoms with Gasteiger partial charge in [-0.05, 0) is 6.07 Å². The summed E-state index contributed by atoms with van der Waals surface area (Å²) < 4.78 is 2.91. The highest BCUT2D eigenvalue weighted by Gasteiger charge is 2.04. The zero-order valence-electron chi connectivity index (χ0n) is 6.79. The van der Waals surface area contributed by atoms with Crippen LogP contribution >= 0.6 is 22.6 Å². The molecular weight excluding hydrogens is 263 g/mol. The van der Waals surface area contributed by atoms with Crippen molar-refractivity contribution in [1.29, 1.82) is 0 Å². The zero-order chi connectivity index (χ0) is 8.55. The predicted octanol–water partition coefficient (Wildman–Crippen LogP) is 2.51. The number of rotatable bonds is 1. The Bertz CT molecular complexity index is 406. The molecule has 1 aromatic heterocycles. The normalized spacial score (nSPS) is 10.8. The van der Waals surface area contributed by atoms with Crippen LogP contribution in [0.4, 0.5) is 0 Å². The molecule has 0 N–H and O–H groups in total. The van der Waals surface area contributed by atoms with Gasteiger partial charge in [0.05, 0.1) is 11.2 Å². The second kappa shape index (κ2) is 3.05. The van der Waals surface area contributed by atoms with Crippen LogP contribution in [-0.4, -0.2) is 9.78 Å².